The molecule has 0 bridgehead atoms. The third-order valence-electron chi connectivity index (χ3n) is 2.26. The van der Waals surface area contributed by atoms with Gasteiger partial charge in [0.15, 0.2) is 0 Å². The second kappa shape index (κ2) is 3.64. The van der Waals surface area contributed by atoms with Gasteiger partial charge in [-0.25, -0.2) is 0 Å². The van der Waals surface area contributed by atoms with E-state index in [1.807, 2.05) is 25.1 Å². The molecule has 0 fully saturated rings. The van der Waals surface area contributed by atoms with Gasteiger partial charge in [0, 0.05) is 12.4 Å². The van der Waals surface area contributed by atoms with E-state index in [0.29, 0.717) is 0 Å². The molecule has 2 aromatic rings. The number of furan rings is 1. The standard InChI is InChI=1S/C11H12N2O/c1-8-4-5-13-7-9(8)11(12)10-3-2-6-14-10/h2-7,11H,12H2,1H3. The molecule has 2 heterocycles. The summed E-state index contributed by atoms with van der Waals surface area (Å²) in [4.78, 5) is 4.05. The highest BCUT2D eigenvalue weighted by molar-refractivity contribution is 5.30. The van der Waals surface area contributed by atoms with Crippen molar-refractivity contribution in [1.29, 1.82) is 0 Å². The Hall–Kier alpha value is -1.61. The summed E-state index contributed by atoms with van der Waals surface area (Å²) in [6.07, 6.45) is 5.16. The number of aryl methyl sites for hydroxylation is 1. The van der Waals surface area contributed by atoms with Gasteiger partial charge in [0.2, 0.25) is 0 Å². The molecule has 3 nitrogen and oxygen atoms in total. The maximum atomic E-state index is 6.03. The normalized spacial score (nSPS) is 12.7. The third-order valence-corrected chi connectivity index (χ3v) is 2.26. The Morgan fingerprint density at radius 2 is 2.29 bits per heavy atom. The minimum Gasteiger partial charge on any atom is -0.467 e. The van der Waals surface area contributed by atoms with Gasteiger partial charge < -0.3 is 10.2 Å². The average Bonchev–Trinajstić information content (AvgIpc) is 2.70. The molecule has 0 saturated carbocycles. The van der Waals surface area contributed by atoms with Crippen LogP contribution in [0.25, 0.3) is 0 Å². The van der Waals surface area contributed by atoms with Gasteiger partial charge in [-0.15, -0.1) is 0 Å². The molecule has 2 rings (SSSR count). The molecule has 0 spiro atoms. The zero-order chi connectivity index (χ0) is 9.97. The van der Waals surface area contributed by atoms with Crippen molar-refractivity contribution < 1.29 is 4.42 Å². The van der Waals surface area contributed by atoms with Crippen LogP contribution in [-0.2, 0) is 0 Å². The van der Waals surface area contributed by atoms with Gasteiger partial charge in [-0.05, 0) is 36.2 Å². The van der Waals surface area contributed by atoms with E-state index in [1.165, 1.54) is 0 Å². The predicted molar refractivity (Wildman–Crippen MR) is 53.7 cm³/mol. The van der Waals surface area contributed by atoms with Gasteiger partial charge in [0.25, 0.3) is 0 Å². The maximum absolute atomic E-state index is 6.03. The molecule has 0 aliphatic carbocycles. The molecule has 1 atom stereocenters. The first-order chi connectivity index (χ1) is 6.79. The monoisotopic (exact) mass is 188 g/mol. The van der Waals surface area contributed by atoms with Gasteiger partial charge in [-0.1, -0.05) is 0 Å². The number of hydrogen-bond donors (Lipinski definition) is 1. The van der Waals surface area contributed by atoms with Crippen molar-refractivity contribution >= 4 is 0 Å². The van der Waals surface area contributed by atoms with E-state index in [9.17, 15) is 0 Å². The molecule has 14 heavy (non-hydrogen) atoms. The van der Waals surface area contributed by atoms with Gasteiger partial charge in [-0.3, -0.25) is 4.98 Å². The summed E-state index contributed by atoms with van der Waals surface area (Å²) in [6.45, 7) is 2.01. The fourth-order valence-electron chi connectivity index (χ4n) is 1.42. The van der Waals surface area contributed by atoms with E-state index in [-0.39, 0.29) is 6.04 Å². The first-order valence-corrected chi connectivity index (χ1v) is 4.48. The fraction of sp³-hybridized carbons (Fsp3) is 0.182. The van der Waals surface area contributed by atoms with Crippen LogP contribution >= 0.6 is 0 Å². The van der Waals surface area contributed by atoms with E-state index >= 15 is 0 Å². The third kappa shape index (κ3) is 1.54. The van der Waals surface area contributed by atoms with E-state index in [0.717, 1.165) is 16.9 Å². The highest BCUT2D eigenvalue weighted by Gasteiger charge is 2.13. The molecule has 0 saturated heterocycles. The summed E-state index contributed by atoms with van der Waals surface area (Å²) in [7, 11) is 0. The summed E-state index contributed by atoms with van der Waals surface area (Å²) < 4.78 is 5.25. The van der Waals surface area contributed by atoms with Crippen LogP contribution in [0.1, 0.15) is 22.9 Å². The predicted octanol–water partition coefficient (Wildman–Crippen LogP) is 2.03. The summed E-state index contributed by atoms with van der Waals surface area (Å²) in [6, 6.07) is 5.43. The lowest BCUT2D eigenvalue weighted by Crippen LogP contribution is -2.12. The second-order valence-electron chi connectivity index (χ2n) is 3.23. The Bertz CT molecular complexity index is 409. The number of nitrogens with two attached hydrogens (primary N) is 1. The highest BCUT2D eigenvalue weighted by atomic mass is 16.3. The van der Waals surface area contributed by atoms with Crippen LogP contribution < -0.4 is 5.73 Å². The maximum Gasteiger partial charge on any atom is 0.125 e. The summed E-state index contributed by atoms with van der Waals surface area (Å²) in [5.74, 6) is 0.765. The minimum absolute atomic E-state index is 0.223. The Morgan fingerprint density at radius 3 is 2.93 bits per heavy atom. The molecule has 0 aliphatic rings. The number of nitrogens with zero attached hydrogens (tertiary/aromatic N) is 1. The highest BCUT2D eigenvalue weighted by Crippen LogP contribution is 2.21. The quantitative estimate of drug-likeness (QED) is 0.784. The van der Waals surface area contributed by atoms with Crippen molar-refractivity contribution in [2.45, 2.75) is 13.0 Å². The van der Waals surface area contributed by atoms with E-state index in [2.05, 4.69) is 4.98 Å². The van der Waals surface area contributed by atoms with Gasteiger partial charge >= 0.3 is 0 Å². The molecule has 0 radical (unpaired) electrons. The van der Waals surface area contributed by atoms with Crippen LogP contribution in [0.5, 0.6) is 0 Å². The first kappa shape index (κ1) is 8.97. The Morgan fingerprint density at radius 1 is 1.43 bits per heavy atom. The lowest BCUT2D eigenvalue weighted by Gasteiger charge is -2.10. The lowest BCUT2D eigenvalue weighted by molar-refractivity contribution is 0.489. The average molecular weight is 188 g/mol. The summed E-state index contributed by atoms with van der Waals surface area (Å²) in [5.41, 5.74) is 8.16. The van der Waals surface area contributed by atoms with E-state index in [4.69, 9.17) is 10.2 Å². The van der Waals surface area contributed by atoms with Crippen molar-refractivity contribution in [3.8, 4) is 0 Å². The number of hydrogen-bond acceptors (Lipinski definition) is 3. The van der Waals surface area contributed by atoms with Gasteiger partial charge in [0.1, 0.15) is 5.76 Å². The fourth-order valence-corrected chi connectivity index (χ4v) is 1.42. The zero-order valence-electron chi connectivity index (χ0n) is 7.97. The largest absolute Gasteiger partial charge is 0.467 e. The first-order valence-electron chi connectivity index (χ1n) is 4.48. The van der Waals surface area contributed by atoms with Gasteiger partial charge in [0.05, 0.1) is 12.3 Å². The smallest absolute Gasteiger partial charge is 0.125 e. The van der Waals surface area contributed by atoms with E-state index < -0.39 is 0 Å². The Kier molecular flexibility index (Phi) is 2.33. The SMILES string of the molecule is Cc1ccncc1C(N)c1ccco1. The minimum atomic E-state index is -0.223. The topological polar surface area (TPSA) is 52.0 Å². The molecule has 0 amide bonds. The van der Waals surface area contributed by atoms with Crippen molar-refractivity contribution in [3.05, 3.63) is 53.7 Å². The molecule has 2 aromatic heterocycles. The molecule has 3 heteroatoms. The number of aromatic nitrogens is 1. The molecular weight excluding hydrogens is 176 g/mol. The van der Waals surface area contributed by atoms with Crippen molar-refractivity contribution in [2.75, 3.05) is 0 Å². The molecular formula is C11H12N2O. The Labute approximate surface area is 82.6 Å². The van der Waals surface area contributed by atoms with Crippen LogP contribution in [0.15, 0.2) is 41.3 Å². The van der Waals surface area contributed by atoms with Crippen molar-refractivity contribution in [2.24, 2.45) is 5.73 Å². The molecule has 1 unspecified atom stereocenters. The van der Waals surface area contributed by atoms with Crippen LogP contribution in [0.2, 0.25) is 0 Å². The lowest BCUT2D eigenvalue weighted by atomic mass is 10.0. The van der Waals surface area contributed by atoms with Crippen molar-refractivity contribution in [1.82, 2.24) is 4.98 Å². The Balaban J connectivity index is 2.37. The molecule has 0 aliphatic heterocycles. The zero-order valence-corrected chi connectivity index (χ0v) is 7.97. The second-order valence-corrected chi connectivity index (χ2v) is 3.23. The molecule has 2 N–H and O–H groups in total. The van der Waals surface area contributed by atoms with Crippen LogP contribution in [-0.4, -0.2) is 4.98 Å². The summed E-state index contributed by atoms with van der Waals surface area (Å²) in [5, 5.41) is 0. The molecule has 72 valence electrons. The van der Waals surface area contributed by atoms with Crippen LogP contribution in [0.3, 0.4) is 0 Å². The van der Waals surface area contributed by atoms with Crippen LogP contribution in [0.4, 0.5) is 0 Å². The van der Waals surface area contributed by atoms with Gasteiger partial charge in [-0.2, -0.15) is 0 Å². The van der Waals surface area contributed by atoms with E-state index in [1.54, 1.807) is 18.7 Å². The van der Waals surface area contributed by atoms with Crippen LogP contribution in [0, 0.1) is 6.92 Å². The van der Waals surface area contributed by atoms with Crippen molar-refractivity contribution in [3.63, 3.8) is 0 Å². The summed E-state index contributed by atoms with van der Waals surface area (Å²) >= 11 is 0. The number of pyridine rings is 1. The number of rotatable bonds is 2. The molecule has 0 aromatic carbocycles.